The summed E-state index contributed by atoms with van der Waals surface area (Å²) in [7, 11) is 0. The normalized spacial score (nSPS) is 10.6. The Morgan fingerprint density at radius 1 is 1.28 bits per heavy atom. The highest BCUT2D eigenvalue weighted by Gasteiger charge is 2.11. The third-order valence-corrected chi connectivity index (χ3v) is 4.61. The lowest BCUT2D eigenvalue weighted by Gasteiger charge is -2.02. The molecular weight excluding hydrogens is 310 g/mol. The lowest BCUT2D eigenvalue weighted by molar-refractivity contribution is -0.117. The molecule has 94 valence electrons. The van der Waals surface area contributed by atoms with E-state index in [-0.39, 0.29) is 5.78 Å². The average Bonchev–Trinajstić information content (AvgIpc) is 2.61. The zero-order valence-corrected chi connectivity index (χ0v) is 12.8. The smallest absolute Gasteiger partial charge is 0.144 e. The van der Waals surface area contributed by atoms with Gasteiger partial charge in [-0.1, -0.05) is 34.1 Å². The molecule has 0 fully saturated rings. The zero-order valence-electron chi connectivity index (χ0n) is 10.4. The summed E-state index contributed by atoms with van der Waals surface area (Å²) in [6.07, 6.45) is 0.889. The van der Waals surface area contributed by atoms with Crippen molar-refractivity contribution in [2.45, 2.75) is 26.7 Å². The van der Waals surface area contributed by atoms with E-state index in [1.807, 2.05) is 38.1 Å². The van der Waals surface area contributed by atoms with Crippen LogP contribution in [0.4, 0.5) is 0 Å². The van der Waals surface area contributed by atoms with E-state index < -0.39 is 0 Å². The number of aryl methyl sites for hydroxylation is 2. The van der Waals surface area contributed by atoms with Crippen LogP contribution in [0.5, 0.6) is 0 Å². The number of thiazole rings is 1. The van der Waals surface area contributed by atoms with Crippen LogP contribution in [0.2, 0.25) is 0 Å². The fourth-order valence-electron chi connectivity index (χ4n) is 1.70. The highest BCUT2D eigenvalue weighted by atomic mass is 79.9. The van der Waals surface area contributed by atoms with Crippen molar-refractivity contribution in [3.05, 3.63) is 49.9 Å². The van der Waals surface area contributed by atoms with Crippen molar-refractivity contribution < 1.29 is 4.79 Å². The number of hydrogen-bond acceptors (Lipinski definition) is 3. The summed E-state index contributed by atoms with van der Waals surface area (Å²) < 4.78 is 0.991. The molecule has 0 bridgehead atoms. The van der Waals surface area contributed by atoms with E-state index in [0.717, 1.165) is 20.7 Å². The van der Waals surface area contributed by atoms with E-state index in [1.54, 1.807) is 11.3 Å². The van der Waals surface area contributed by atoms with E-state index in [2.05, 4.69) is 20.9 Å². The molecule has 0 atom stereocenters. The number of aromatic nitrogens is 1. The van der Waals surface area contributed by atoms with E-state index in [1.165, 1.54) is 4.88 Å². The molecule has 0 saturated carbocycles. The molecule has 2 rings (SSSR count). The number of benzene rings is 1. The lowest BCUT2D eigenvalue weighted by atomic mass is 10.1. The first-order valence-corrected chi connectivity index (χ1v) is 7.35. The molecule has 0 spiro atoms. The number of rotatable bonds is 4. The molecule has 0 saturated heterocycles. The highest BCUT2D eigenvalue weighted by molar-refractivity contribution is 9.10. The van der Waals surface area contributed by atoms with E-state index in [0.29, 0.717) is 12.8 Å². The van der Waals surface area contributed by atoms with Crippen molar-refractivity contribution >= 4 is 33.0 Å². The molecule has 4 heteroatoms. The second-order valence-corrected chi connectivity index (χ2v) is 6.37. The predicted molar refractivity (Wildman–Crippen MR) is 78.1 cm³/mol. The van der Waals surface area contributed by atoms with Crippen molar-refractivity contribution in [1.82, 2.24) is 4.98 Å². The second-order valence-electron chi connectivity index (χ2n) is 4.23. The first kappa shape index (κ1) is 13.4. The van der Waals surface area contributed by atoms with E-state index >= 15 is 0 Å². The molecule has 0 aliphatic heterocycles. The number of carbonyl (C=O) groups excluding carboxylic acids is 1. The Morgan fingerprint density at radius 3 is 2.61 bits per heavy atom. The number of Topliss-reactive ketones (excluding diaryl/α,β-unsaturated/α-hetero) is 1. The predicted octanol–water partition coefficient (Wildman–Crippen LogP) is 3.88. The van der Waals surface area contributed by atoms with Gasteiger partial charge in [-0.25, -0.2) is 4.98 Å². The minimum Gasteiger partial charge on any atom is -0.299 e. The van der Waals surface area contributed by atoms with E-state index in [9.17, 15) is 4.79 Å². The third kappa shape index (κ3) is 3.27. The van der Waals surface area contributed by atoms with Crippen molar-refractivity contribution in [2.75, 3.05) is 0 Å². The van der Waals surface area contributed by atoms with Gasteiger partial charge in [-0.05, 0) is 25.5 Å². The fraction of sp³-hybridized carbons (Fsp3) is 0.286. The van der Waals surface area contributed by atoms with Gasteiger partial charge in [0, 0.05) is 15.8 Å². The highest BCUT2D eigenvalue weighted by Crippen LogP contribution is 2.20. The quantitative estimate of drug-likeness (QED) is 0.854. The van der Waals surface area contributed by atoms with Gasteiger partial charge < -0.3 is 0 Å². The van der Waals surface area contributed by atoms with Gasteiger partial charge in [0.25, 0.3) is 0 Å². The van der Waals surface area contributed by atoms with Crippen LogP contribution in [-0.4, -0.2) is 10.8 Å². The Hall–Kier alpha value is -1.000. The van der Waals surface area contributed by atoms with Gasteiger partial charge in [0.2, 0.25) is 0 Å². The van der Waals surface area contributed by atoms with Crippen molar-refractivity contribution in [2.24, 2.45) is 0 Å². The molecule has 2 aromatic rings. The third-order valence-electron chi connectivity index (χ3n) is 2.77. The first-order valence-electron chi connectivity index (χ1n) is 5.74. The minimum absolute atomic E-state index is 0.204. The maximum atomic E-state index is 12.0. The van der Waals surface area contributed by atoms with Crippen LogP contribution in [0.15, 0.2) is 28.7 Å². The minimum atomic E-state index is 0.204. The molecule has 0 radical (unpaired) electrons. The number of carbonyl (C=O) groups is 1. The van der Waals surface area contributed by atoms with Crippen LogP contribution >= 0.6 is 27.3 Å². The Balaban J connectivity index is 2.03. The number of hydrogen-bond donors (Lipinski definition) is 0. The molecular formula is C14H14BrNOS. The summed E-state index contributed by atoms with van der Waals surface area (Å²) >= 11 is 5.07. The molecule has 0 amide bonds. The van der Waals surface area contributed by atoms with Crippen LogP contribution in [0, 0.1) is 13.8 Å². The van der Waals surface area contributed by atoms with Gasteiger partial charge in [0.15, 0.2) is 0 Å². The molecule has 1 aromatic heterocycles. The monoisotopic (exact) mass is 323 g/mol. The molecule has 0 aliphatic carbocycles. The first-order chi connectivity index (χ1) is 8.56. The largest absolute Gasteiger partial charge is 0.299 e. The van der Waals surface area contributed by atoms with Gasteiger partial charge >= 0.3 is 0 Å². The molecule has 0 aliphatic rings. The summed E-state index contributed by atoms with van der Waals surface area (Å²) in [6.45, 7) is 4.02. The summed E-state index contributed by atoms with van der Waals surface area (Å²) in [4.78, 5) is 17.6. The zero-order chi connectivity index (χ0) is 13.1. The Kier molecular flexibility index (Phi) is 4.30. The molecule has 1 heterocycles. The van der Waals surface area contributed by atoms with Crippen LogP contribution in [-0.2, 0) is 17.6 Å². The van der Waals surface area contributed by atoms with E-state index in [4.69, 9.17) is 0 Å². The maximum absolute atomic E-state index is 12.0. The van der Waals surface area contributed by atoms with Gasteiger partial charge in [-0.2, -0.15) is 0 Å². The van der Waals surface area contributed by atoms with Crippen LogP contribution in [0.25, 0.3) is 0 Å². The summed E-state index contributed by atoms with van der Waals surface area (Å²) in [6, 6.07) is 7.83. The van der Waals surface area contributed by atoms with Crippen LogP contribution in [0.3, 0.4) is 0 Å². The van der Waals surface area contributed by atoms with Gasteiger partial charge in [0.1, 0.15) is 10.8 Å². The number of nitrogens with zero attached hydrogens (tertiary/aromatic N) is 1. The SMILES string of the molecule is Cc1nc(CC(=O)Cc2ccccc2Br)sc1C. The van der Waals surface area contributed by atoms with Crippen LogP contribution in [0.1, 0.15) is 21.1 Å². The molecule has 2 nitrogen and oxygen atoms in total. The Bertz CT molecular complexity index is 557. The number of halogens is 1. The molecule has 0 unspecified atom stereocenters. The van der Waals surface area contributed by atoms with Gasteiger partial charge in [0.05, 0.1) is 12.1 Å². The summed E-state index contributed by atoms with van der Waals surface area (Å²) in [5, 5.41) is 0.919. The maximum Gasteiger partial charge on any atom is 0.144 e. The topological polar surface area (TPSA) is 30.0 Å². The van der Waals surface area contributed by atoms with Crippen LogP contribution < -0.4 is 0 Å². The lowest BCUT2D eigenvalue weighted by Crippen LogP contribution is -2.06. The standard InChI is InChI=1S/C14H14BrNOS/c1-9-10(2)18-14(16-9)8-12(17)7-11-5-3-4-6-13(11)15/h3-6H,7-8H2,1-2H3. The molecule has 0 N–H and O–H groups in total. The van der Waals surface area contributed by atoms with Gasteiger partial charge in [-0.15, -0.1) is 11.3 Å². The Morgan fingerprint density at radius 2 is 2.00 bits per heavy atom. The number of ketones is 1. The van der Waals surface area contributed by atoms with Crippen molar-refractivity contribution in [3.8, 4) is 0 Å². The summed E-state index contributed by atoms with van der Waals surface area (Å²) in [5.41, 5.74) is 2.07. The van der Waals surface area contributed by atoms with Crippen molar-refractivity contribution in [3.63, 3.8) is 0 Å². The van der Waals surface area contributed by atoms with Gasteiger partial charge in [-0.3, -0.25) is 4.79 Å². The van der Waals surface area contributed by atoms with Crippen molar-refractivity contribution in [1.29, 1.82) is 0 Å². The molecule has 18 heavy (non-hydrogen) atoms. The fourth-order valence-corrected chi connectivity index (χ4v) is 3.09. The second kappa shape index (κ2) is 5.76. The Labute approximate surface area is 119 Å². The summed E-state index contributed by atoms with van der Waals surface area (Å²) in [5.74, 6) is 0.204. The molecule has 1 aromatic carbocycles. The average molecular weight is 324 g/mol.